The van der Waals surface area contributed by atoms with Gasteiger partial charge < -0.3 is 20.5 Å². The van der Waals surface area contributed by atoms with E-state index in [-0.39, 0.29) is 25.0 Å². The summed E-state index contributed by atoms with van der Waals surface area (Å²) in [6, 6.07) is 7.42. The van der Waals surface area contributed by atoms with Crippen LogP contribution in [0, 0.1) is 0 Å². The van der Waals surface area contributed by atoms with Crippen molar-refractivity contribution in [3.8, 4) is 17.1 Å². The van der Waals surface area contributed by atoms with Gasteiger partial charge in [0.15, 0.2) is 5.82 Å². The van der Waals surface area contributed by atoms with Gasteiger partial charge in [-0.25, -0.2) is 4.98 Å². The minimum Gasteiger partial charge on any atom is -0.497 e. The third-order valence-electron chi connectivity index (χ3n) is 3.34. The molecule has 4 N–H and O–H groups in total. The van der Waals surface area contributed by atoms with E-state index in [1.807, 2.05) is 24.3 Å². The van der Waals surface area contributed by atoms with Crippen LogP contribution in [0.25, 0.3) is 11.4 Å². The molecule has 0 bridgehead atoms. The third-order valence-corrected chi connectivity index (χ3v) is 3.34. The van der Waals surface area contributed by atoms with Gasteiger partial charge in [-0.15, -0.1) is 0 Å². The lowest BCUT2D eigenvalue weighted by Gasteiger charge is -2.11. The topological polar surface area (TPSA) is 115 Å². The summed E-state index contributed by atoms with van der Waals surface area (Å²) >= 11 is 0. The number of hydrogen-bond acceptors (Lipinski definition) is 6. The molecule has 1 heterocycles. The Morgan fingerprint density at radius 3 is 2.70 bits per heavy atom. The number of ether oxygens (including phenoxy) is 2. The van der Waals surface area contributed by atoms with Gasteiger partial charge in [-0.05, 0) is 24.3 Å². The molecule has 8 nitrogen and oxygen atoms in total. The molecule has 0 aliphatic carbocycles. The maximum Gasteiger partial charge on any atom is 0.223 e. The predicted octanol–water partition coefficient (Wildman–Crippen LogP) is 0.460. The van der Waals surface area contributed by atoms with Gasteiger partial charge in [-0.2, -0.15) is 5.10 Å². The fraction of sp³-hybridized carbons (Fsp3) is 0.400. The highest BCUT2D eigenvalue weighted by Crippen LogP contribution is 2.18. The SMILES string of the molecule is COc1ccc(-c2n[nH]c(CNC(=O)CC(CN)OC)n2)cc1. The quantitative estimate of drug-likeness (QED) is 0.651. The molecule has 1 unspecified atom stereocenters. The van der Waals surface area contributed by atoms with E-state index in [0.29, 0.717) is 18.2 Å². The molecule has 2 rings (SSSR count). The van der Waals surface area contributed by atoms with Gasteiger partial charge >= 0.3 is 0 Å². The number of carbonyl (C=O) groups excluding carboxylic acids is 1. The number of aromatic amines is 1. The Labute approximate surface area is 134 Å². The Morgan fingerprint density at radius 2 is 2.09 bits per heavy atom. The number of rotatable bonds is 8. The molecule has 1 amide bonds. The predicted molar refractivity (Wildman–Crippen MR) is 84.7 cm³/mol. The van der Waals surface area contributed by atoms with Gasteiger partial charge in [0.2, 0.25) is 5.91 Å². The molecule has 0 spiro atoms. The van der Waals surface area contributed by atoms with E-state index in [2.05, 4.69) is 20.5 Å². The van der Waals surface area contributed by atoms with Crippen LogP contribution in [0.3, 0.4) is 0 Å². The largest absolute Gasteiger partial charge is 0.497 e. The summed E-state index contributed by atoms with van der Waals surface area (Å²) < 4.78 is 10.2. The van der Waals surface area contributed by atoms with Crippen LogP contribution >= 0.6 is 0 Å². The molecule has 0 aliphatic rings. The second-order valence-corrected chi connectivity index (χ2v) is 4.91. The minimum atomic E-state index is -0.278. The second-order valence-electron chi connectivity index (χ2n) is 4.91. The Kier molecular flexibility index (Phi) is 6.07. The Bertz CT molecular complexity index is 622. The summed E-state index contributed by atoms with van der Waals surface area (Å²) in [5, 5.41) is 9.70. The zero-order valence-corrected chi connectivity index (χ0v) is 13.2. The molecule has 124 valence electrons. The van der Waals surface area contributed by atoms with E-state index in [9.17, 15) is 4.79 Å². The average Bonchev–Trinajstić information content (AvgIpc) is 3.07. The molecule has 0 saturated carbocycles. The molecule has 1 atom stereocenters. The minimum absolute atomic E-state index is 0.148. The van der Waals surface area contributed by atoms with Crippen molar-refractivity contribution in [1.29, 1.82) is 0 Å². The van der Waals surface area contributed by atoms with Crippen LogP contribution in [-0.4, -0.2) is 48.0 Å². The lowest BCUT2D eigenvalue weighted by Crippen LogP contribution is -2.32. The van der Waals surface area contributed by atoms with Crippen molar-refractivity contribution >= 4 is 5.91 Å². The van der Waals surface area contributed by atoms with Gasteiger partial charge in [-0.3, -0.25) is 9.89 Å². The number of nitrogens with one attached hydrogen (secondary N) is 2. The third kappa shape index (κ3) is 4.76. The highest BCUT2D eigenvalue weighted by Gasteiger charge is 2.12. The first kappa shape index (κ1) is 16.9. The number of nitrogens with zero attached hydrogens (tertiary/aromatic N) is 2. The zero-order chi connectivity index (χ0) is 16.7. The van der Waals surface area contributed by atoms with E-state index < -0.39 is 0 Å². The fourth-order valence-electron chi connectivity index (χ4n) is 1.97. The van der Waals surface area contributed by atoms with Crippen LogP contribution in [0.1, 0.15) is 12.2 Å². The van der Waals surface area contributed by atoms with Gasteiger partial charge in [-0.1, -0.05) is 0 Å². The molecule has 0 saturated heterocycles. The first-order chi connectivity index (χ1) is 11.2. The molecular formula is C15H21N5O3. The van der Waals surface area contributed by atoms with Gasteiger partial charge in [0.05, 0.1) is 26.2 Å². The molecule has 0 fully saturated rings. The van der Waals surface area contributed by atoms with Crippen LogP contribution in [0.2, 0.25) is 0 Å². The van der Waals surface area contributed by atoms with Crippen molar-refractivity contribution in [2.75, 3.05) is 20.8 Å². The summed E-state index contributed by atoms with van der Waals surface area (Å²) in [4.78, 5) is 16.1. The standard InChI is InChI=1S/C15H21N5O3/c1-22-11-5-3-10(4-6-11)15-18-13(19-20-15)9-17-14(21)7-12(8-16)23-2/h3-6,12H,7-9,16H2,1-2H3,(H,17,21)(H,18,19,20). The summed E-state index contributed by atoms with van der Waals surface area (Å²) in [5.74, 6) is 1.76. The van der Waals surface area contributed by atoms with Crippen molar-refractivity contribution in [2.45, 2.75) is 19.1 Å². The molecule has 23 heavy (non-hydrogen) atoms. The lowest BCUT2D eigenvalue weighted by atomic mass is 10.2. The summed E-state index contributed by atoms with van der Waals surface area (Å²) in [6.07, 6.45) is -0.0634. The zero-order valence-electron chi connectivity index (χ0n) is 13.2. The molecule has 1 aromatic carbocycles. The Hall–Kier alpha value is -2.45. The molecular weight excluding hydrogens is 298 g/mol. The van der Waals surface area contributed by atoms with Crippen molar-refractivity contribution in [3.63, 3.8) is 0 Å². The number of benzene rings is 1. The lowest BCUT2D eigenvalue weighted by molar-refractivity contribution is -0.123. The number of H-pyrrole nitrogens is 1. The van der Waals surface area contributed by atoms with E-state index in [1.54, 1.807) is 7.11 Å². The number of aromatic nitrogens is 3. The number of carbonyl (C=O) groups is 1. The summed E-state index contributed by atoms with van der Waals surface area (Å²) in [5.41, 5.74) is 6.35. The van der Waals surface area contributed by atoms with E-state index in [0.717, 1.165) is 11.3 Å². The van der Waals surface area contributed by atoms with Crippen LogP contribution in [0.5, 0.6) is 5.75 Å². The average molecular weight is 319 g/mol. The van der Waals surface area contributed by atoms with Gasteiger partial charge in [0.25, 0.3) is 0 Å². The summed E-state index contributed by atoms with van der Waals surface area (Å²) in [6.45, 7) is 0.566. The smallest absolute Gasteiger partial charge is 0.223 e. The van der Waals surface area contributed by atoms with Crippen LogP contribution < -0.4 is 15.8 Å². The Morgan fingerprint density at radius 1 is 1.35 bits per heavy atom. The highest BCUT2D eigenvalue weighted by molar-refractivity contribution is 5.76. The highest BCUT2D eigenvalue weighted by atomic mass is 16.5. The molecule has 0 radical (unpaired) electrons. The summed E-state index contributed by atoms with van der Waals surface area (Å²) in [7, 11) is 3.14. The first-order valence-corrected chi connectivity index (χ1v) is 7.21. The van der Waals surface area contributed by atoms with Gasteiger partial charge in [0, 0.05) is 19.2 Å². The van der Waals surface area contributed by atoms with Crippen LogP contribution in [0.4, 0.5) is 0 Å². The maximum atomic E-state index is 11.8. The van der Waals surface area contributed by atoms with E-state index in [1.165, 1.54) is 7.11 Å². The normalized spacial score (nSPS) is 12.0. The molecule has 2 aromatic rings. The molecule has 1 aromatic heterocycles. The van der Waals surface area contributed by atoms with Crippen molar-refractivity contribution in [1.82, 2.24) is 20.5 Å². The van der Waals surface area contributed by atoms with Crippen molar-refractivity contribution in [3.05, 3.63) is 30.1 Å². The fourth-order valence-corrected chi connectivity index (χ4v) is 1.97. The van der Waals surface area contributed by atoms with Crippen LogP contribution in [0.15, 0.2) is 24.3 Å². The number of amides is 1. The number of hydrogen-bond donors (Lipinski definition) is 3. The van der Waals surface area contributed by atoms with E-state index in [4.69, 9.17) is 15.2 Å². The Balaban J connectivity index is 1.90. The molecule has 0 aliphatic heterocycles. The number of methoxy groups -OCH3 is 2. The maximum absolute atomic E-state index is 11.8. The second kappa shape index (κ2) is 8.25. The monoisotopic (exact) mass is 319 g/mol. The first-order valence-electron chi connectivity index (χ1n) is 7.21. The van der Waals surface area contributed by atoms with Crippen LogP contribution in [-0.2, 0) is 16.1 Å². The van der Waals surface area contributed by atoms with Crippen molar-refractivity contribution < 1.29 is 14.3 Å². The van der Waals surface area contributed by atoms with E-state index >= 15 is 0 Å². The van der Waals surface area contributed by atoms with Gasteiger partial charge in [0.1, 0.15) is 11.6 Å². The number of nitrogens with two attached hydrogens (primary N) is 1. The molecule has 8 heteroatoms. The van der Waals surface area contributed by atoms with Crippen molar-refractivity contribution in [2.24, 2.45) is 5.73 Å².